The summed E-state index contributed by atoms with van der Waals surface area (Å²) in [7, 11) is 1.62. The second kappa shape index (κ2) is 5.21. The van der Waals surface area contributed by atoms with Gasteiger partial charge < -0.3 is 10.1 Å². The molecule has 1 heterocycles. The van der Waals surface area contributed by atoms with Gasteiger partial charge in [0.15, 0.2) is 0 Å². The third-order valence-electron chi connectivity index (χ3n) is 2.03. The first-order chi connectivity index (χ1) is 8.17. The Morgan fingerprint density at radius 1 is 1.12 bits per heavy atom. The third-order valence-corrected chi connectivity index (χ3v) is 2.39. The summed E-state index contributed by atoms with van der Waals surface area (Å²) in [6, 6.07) is 9.00. The maximum Gasteiger partial charge on any atom is 0.225 e. The summed E-state index contributed by atoms with van der Waals surface area (Å²) >= 11 is 11.5. The van der Waals surface area contributed by atoms with E-state index in [-0.39, 0.29) is 5.28 Å². The molecule has 1 aromatic heterocycles. The van der Waals surface area contributed by atoms with Gasteiger partial charge in [0.25, 0.3) is 0 Å². The van der Waals surface area contributed by atoms with Gasteiger partial charge in [-0.2, -0.15) is 0 Å². The molecule has 6 heteroatoms. The van der Waals surface area contributed by atoms with Crippen LogP contribution < -0.4 is 10.1 Å². The predicted octanol–water partition coefficient (Wildman–Crippen LogP) is 3.54. The zero-order chi connectivity index (χ0) is 12.3. The van der Waals surface area contributed by atoms with Gasteiger partial charge in [-0.15, -0.1) is 0 Å². The number of aromatic nitrogens is 2. The number of hydrogen-bond donors (Lipinski definition) is 1. The molecule has 88 valence electrons. The first-order valence-corrected chi connectivity index (χ1v) is 5.54. The molecule has 0 bridgehead atoms. The molecule has 0 spiro atoms. The van der Waals surface area contributed by atoms with Crippen LogP contribution in [0.1, 0.15) is 0 Å². The molecule has 0 saturated carbocycles. The van der Waals surface area contributed by atoms with Gasteiger partial charge in [-0.05, 0) is 35.9 Å². The molecule has 1 aromatic carbocycles. The lowest BCUT2D eigenvalue weighted by molar-refractivity contribution is 0.415. The Morgan fingerprint density at radius 3 is 2.41 bits per heavy atom. The van der Waals surface area contributed by atoms with E-state index in [9.17, 15) is 0 Å². The quantitative estimate of drug-likeness (QED) is 0.684. The van der Waals surface area contributed by atoms with Gasteiger partial charge in [-0.25, -0.2) is 9.97 Å². The largest absolute Gasteiger partial charge is 0.497 e. The monoisotopic (exact) mass is 269 g/mol. The molecule has 2 rings (SSSR count). The summed E-state index contributed by atoms with van der Waals surface area (Å²) in [6.07, 6.45) is 0. The number of rotatable bonds is 3. The van der Waals surface area contributed by atoms with Gasteiger partial charge in [0.05, 0.1) is 7.11 Å². The van der Waals surface area contributed by atoms with E-state index in [4.69, 9.17) is 27.9 Å². The van der Waals surface area contributed by atoms with E-state index in [1.54, 1.807) is 13.2 Å². The van der Waals surface area contributed by atoms with Crippen LogP contribution in [0.2, 0.25) is 10.4 Å². The normalized spacial score (nSPS) is 10.1. The maximum atomic E-state index is 5.77. The van der Waals surface area contributed by atoms with Gasteiger partial charge in [-0.1, -0.05) is 11.6 Å². The third kappa shape index (κ3) is 3.22. The van der Waals surface area contributed by atoms with Crippen LogP contribution in [0.3, 0.4) is 0 Å². The van der Waals surface area contributed by atoms with Crippen molar-refractivity contribution in [2.24, 2.45) is 0 Å². The number of methoxy groups -OCH3 is 1. The molecule has 17 heavy (non-hydrogen) atoms. The Bertz CT molecular complexity index is 496. The second-order valence-corrected chi connectivity index (χ2v) is 3.92. The van der Waals surface area contributed by atoms with Crippen LogP contribution in [0.25, 0.3) is 0 Å². The van der Waals surface area contributed by atoms with Crippen LogP contribution in [-0.4, -0.2) is 17.1 Å². The van der Waals surface area contributed by atoms with Crippen LogP contribution >= 0.6 is 23.2 Å². The fourth-order valence-electron chi connectivity index (χ4n) is 1.28. The van der Waals surface area contributed by atoms with E-state index in [1.807, 2.05) is 24.3 Å². The summed E-state index contributed by atoms with van der Waals surface area (Å²) in [5.41, 5.74) is 0.858. The average Bonchev–Trinajstić information content (AvgIpc) is 2.28. The predicted molar refractivity (Wildman–Crippen MR) is 68.3 cm³/mol. The highest BCUT2D eigenvalue weighted by atomic mass is 35.5. The lowest BCUT2D eigenvalue weighted by Crippen LogP contribution is -1.95. The second-order valence-electron chi connectivity index (χ2n) is 3.20. The summed E-state index contributed by atoms with van der Waals surface area (Å²) in [5, 5.41) is 3.46. The molecular formula is C11H9Cl2N3O. The molecule has 0 radical (unpaired) electrons. The minimum Gasteiger partial charge on any atom is -0.497 e. The van der Waals surface area contributed by atoms with Gasteiger partial charge in [0.1, 0.15) is 16.7 Å². The molecule has 0 aliphatic rings. The molecule has 2 aromatic rings. The van der Waals surface area contributed by atoms with Crippen LogP contribution in [0.5, 0.6) is 5.75 Å². The molecule has 1 N–H and O–H groups in total. The first kappa shape index (κ1) is 12.0. The minimum atomic E-state index is 0.105. The summed E-state index contributed by atoms with van der Waals surface area (Å²) in [4.78, 5) is 7.76. The Hall–Kier alpha value is -1.52. The molecule has 0 saturated heterocycles. The summed E-state index contributed by atoms with van der Waals surface area (Å²) in [5.74, 6) is 1.33. The molecule has 0 fully saturated rings. The van der Waals surface area contributed by atoms with Crippen molar-refractivity contribution in [3.05, 3.63) is 40.8 Å². The Morgan fingerprint density at radius 2 is 1.82 bits per heavy atom. The smallest absolute Gasteiger partial charge is 0.225 e. The van der Waals surface area contributed by atoms with E-state index in [0.29, 0.717) is 11.0 Å². The molecule has 0 aliphatic carbocycles. The van der Waals surface area contributed by atoms with Crippen molar-refractivity contribution < 1.29 is 4.74 Å². The lowest BCUT2D eigenvalue weighted by Gasteiger charge is -2.06. The Balaban J connectivity index is 2.19. The van der Waals surface area contributed by atoms with Crippen molar-refractivity contribution >= 4 is 34.7 Å². The summed E-state index contributed by atoms with van der Waals surface area (Å²) in [6.45, 7) is 0. The van der Waals surface area contributed by atoms with Crippen molar-refractivity contribution in [3.8, 4) is 5.75 Å². The van der Waals surface area contributed by atoms with Gasteiger partial charge in [-0.3, -0.25) is 0 Å². The molecule has 0 amide bonds. The Kier molecular flexibility index (Phi) is 3.66. The highest BCUT2D eigenvalue weighted by Gasteiger charge is 2.01. The zero-order valence-corrected chi connectivity index (χ0v) is 10.5. The number of hydrogen-bond acceptors (Lipinski definition) is 4. The number of nitrogens with one attached hydrogen (secondary N) is 1. The van der Waals surface area contributed by atoms with Crippen molar-refractivity contribution in [2.75, 3.05) is 12.4 Å². The van der Waals surface area contributed by atoms with Crippen molar-refractivity contribution in [2.45, 2.75) is 0 Å². The Labute approximate surface area is 109 Å². The maximum absolute atomic E-state index is 5.77. The standard InChI is InChI=1S/C11H9Cl2N3O/c1-17-8-4-2-7(3-5-8)14-10-6-9(12)15-11(13)16-10/h2-6H,1H3,(H,14,15,16). The van der Waals surface area contributed by atoms with Crippen molar-refractivity contribution in [3.63, 3.8) is 0 Å². The number of ether oxygens (including phenoxy) is 1. The first-order valence-electron chi connectivity index (χ1n) is 4.78. The van der Waals surface area contributed by atoms with E-state index >= 15 is 0 Å². The van der Waals surface area contributed by atoms with Crippen molar-refractivity contribution in [1.29, 1.82) is 0 Å². The van der Waals surface area contributed by atoms with E-state index < -0.39 is 0 Å². The number of nitrogens with zero attached hydrogens (tertiary/aromatic N) is 2. The fraction of sp³-hybridized carbons (Fsp3) is 0.0909. The van der Waals surface area contributed by atoms with Gasteiger partial charge in [0.2, 0.25) is 5.28 Å². The number of halogens is 2. The van der Waals surface area contributed by atoms with Crippen LogP contribution in [0.15, 0.2) is 30.3 Å². The van der Waals surface area contributed by atoms with Crippen LogP contribution in [0, 0.1) is 0 Å². The summed E-state index contributed by atoms with van der Waals surface area (Å²) < 4.78 is 5.06. The van der Waals surface area contributed by atoms with Crippen LogP contribution in [0.4, 0.5) is 11.5 Å². The average molecular weight is 270 g/mol. The van der Waals surface area contributed by atoms with Crippen molar-refractivity contribution in [1.82, 2.24) is 9.97 Å². The lowest BCUT2D eigenvalue weighted by atomic mass is 10.3. The highest BCUT2D eigenvalue weighted by Crippen LogP contribution is 2.21. The molecule has 4 nitrogen and oxygen atoms in total. The molecule has 0 aliphatic heterocycles. The minimum absolute atomic E-state index is 0.105. The highest BCUT2D eigenvalue weighted by molar-refractivity contribution is 6.32. The number of benzene rings is 1. The zero-order valence-electron chi connectivity index (χ0n) is 8.95. The SMILES string of the molecule is COc1ccc(Nc2cc(Cl)nc(Cl)n2)cc1. The van der Waals surface area contributed by atoms with E-state index in [1.165, 1.54) is 0 Å². The topological polar surface area (TPSA) is 47.0 Å². The molecule has 0 unspecified atom stereocenters. The van der Waals surface area contributed by atoms with Crippen LogP contribution in [-0.2, 0) is 0 Å². The molecule has 0 atom stereocenters. The van der Waals surface area contributed by atoms with Gasteiger partial charge >= 0.3 is 0 Å². The fourth-order valence-corrected chi connectivity index (χ4v) is 1.68. The molecular weight excluding hydrogens is 261 g/mol. The van der Waals surface area contributed by atoms with E-state index in [0.717, 1.165) is 11.4 Å². The number of anilines is 2. The van der Waals surface area contributed by atoms with Gasteiger partial charge in [0, 0.05) is 11.8 Å². The van der Waals surface area contributed by atoms with E-state index in [2.05, 4.69) is 15.3 Å².